The van der Waals surface area contributed by atoms with Crippen LogP contribution in [0.2, 0.25) is 0 Å². The van der Waals surface area contributed by atoms with Crippen molar-refractivity contribution in [1.29, 1.82) is 0 Å². The van der Waals surface area contributed by atoms with Gasteiger partial charge in [-0.05, 0) is 141 Å². The zero-order chi connectivity index (χ0) is 45.6. The third kappa shape index (κ3) is 20.0. The second kappa shape index (κ2) is 26.3. The maximum absolute atomic E-state index is 8.81. The van der Waals surface area contributed by atoms with Crippen LogP contribution in [0.3, 0.4) is 0 Å². The van der Waals surface area contributed by atoms with Crippen LogP contribution in [-0.2, 0) is 0 Å². The summed E-state index contributed by atoms with van der Waals surface area (Å²) in [6.45, 7) is 33.9. The molecule has 1 N–H and O–H groups in total. The highest BCUT2D eigenvalue weighted by molar-refractivity contribution is 5.39. The fourth-order valence-corrected chi connectivity index (χ4v) is 8.64. The van der Waals surface area contributed by atoms with Gasteiger partial charge in [-0.2, -0.15) is 0 Å². The quantitative estimate of drug-likeness (QED) is 0.129. The summed E-state index contributed by atoms with van der Waals surface area (Å²) in [5, 5.41) is 8.81. The van der Waals surface area contributed by atoms with Gasteiger partial charge in [0.25, 0.3) is 0 Å². The van der Waals surface area contributed by atoms with E-state index >= 15 is 0 Å². The van der Waals surface area contributed by atoms with Gasteiger partial charge in [-0.1, -0.05) is 219 Å². The fourth-order valence-electron chi connectivity index (χ4n) is 8.64. The number of rotatable bonds is 15. The minimum absolute atomic E-state index is 0.0985. The van der Waals surface area contributed by atoms with Gasteiger partial charge < -0.3 is 5.11 Å². The number of aliphatic hydroxyl groups is 1. The fraction of sp³-hybridized carbons (Fsp3) is 0.467. The van der Waals surface area contributed by atoms with Crippen LogP contribution in [0.25, 0.3) is 0 Å². The van der Waals surface area contributed by atoms with Crippen molar-refractivity contribution in [3.05, 3.63) is 189 Å². The molecule has 0 spiro atoms. The molecule has 0 aliphatic heterocycles. The van der Waals surface area contributed by atoms with Gasteiger partial charge >= 0.3 is 0 Å². The Bertz CT molecular complexity index is 1960. The van der Waals surface area contributed by atoms with Gasteiger partial charge in [0.2, 0.25) is 0 Å². The Labute approximate surface area is 376 Å². The minimum atomic E-state index is 0.0985. The topological polar surface area (TPSA) is 20.2 Å². The van der Waals surface area contributed by atoms with E-state index in [1.165, 1.54) is 102 Å². The average Bonchev–Trinajstić information content (AvgIpc) is 3.15. The Morgan fingerprint density at radius 3 is 1.34 bits per heavy atom. The van der Waals surface area contributed by atoms with Crippen molar-refractivity contribution in [2.75, 3.05) is 6.61 Å². The van der Waals surface area contributed by atoms with Gasteiger partial charge in [-0.3, -0.25) is 0 Å². The van der Waals surface area contributed by atoms with E-state index < -0.39 is 0 Å². The minimum Gasteiger partial charge on any atom is -0.392 e. The molecule has 1 unspecified atom stereocenters. The molecule has 0 fully saturated rings. The number of allylic oxidation sites excluding steroid dienone is 31. The predicted molar refractivity (Wildman–Crippen MR) is 275 cm³/mol. The summed E-state index contributed by atoms with van der Waals surface area (Å²) >= 11 is 0. The van der Waals surface area contributed by atoms with Crippen LogP contribution in [0.5, 0.6) is 0 Å². The monoisotopic (exact) mass is 823 g/mol. The Morgan fingerprint density at radius 1 is 0.541 bits per heavy atom. The van der Waals surface area contributed by atoms with Gasteiger partial charge in [0.1, 0.15) is 0 Å². The lowest BCUT2D eigenvalue weighted by Gasteiger charge is -2.36. The first-order chi connectivity index (χ1) is 28.7. The summed E-state index contributed by atoms with van der Waals surface area (Å²) < 4.78 is 0. The predicted octanol–water partition coefficient (Wildman–Crippen LogP) is 18.0. The van der Waals surface area contributed by atoms with Crippen LogP contribution in [0.15, 0.2) is 189 Å². The molecule has 3 aliphatic rings. The second-order valence-electron chi connectivity index (χ2n) is 20.0. The van der Waals surface area contributed by atoms with Crippen LogP contribution in [0, 0.1) is 22.2 Å². The van der Waals surface area contributed by atoms with E-state index in [0.717, 1.165) is 5.57 Å². The van der Waals surface area contributed by atoms with Gasteiger partial charge in [-0.25, -0.2) is 0 Å². The Hall–Kier alpha value is -4.20. The zero-order valence-electron chi connectivity index (χ0n) is 41.5. The van der Waals surface area contributed by atoms with Crippen LogP contribution in [0.4, 0.5) is 0 Å². The van der Waals surface area contributed by atoms with Crippen LogP contribution in [-0.4, -0.2) is 11.7 Å². The molecule has 0 saturated heterocycles. The lowest BCUT2D eigenvalue weighted by Crippen LogP contribution is -2.26. The molecule has 0 aromatic rings. The summed E-state index contributed by atoms with van der Waals surface area (Å²) in [7, 11) is 0. The molecule has 61 heavy (non-hydrogen) atoms. The van der Waals surface area contributed by atoms with Crippen molar-refractivity contribution in [3.8, 4) is 0 Å². The highest BCUT2D eigenvalue weighted by Gasteiger charge is 2.31. The molecule has 0 saturated carbocycles. The maximum atomic E-state index is 8.81. The molecule has 1 atom stereocenters. The van der Waals surface area contributed by atoms with Crippen LogP contribution < -0.4 is 0 Å². The molecule has 0 radical (unpaired) electrons. The van der Waals surface area contributed by atoms with Crippen molar-refractivity contribution in [2.24, 2.45) is 22.2 Å². The largest absolute Gasteiger partial charge is 0.392 e. The molecule has 1 nitrogen and oxygen atoms in total. The third-order valence-electron chi connectivity index (χ3n) is 12.6. The first kappa shape index (κ1) is 52.9. The zero-order valence-corrected chi connectivity index (χ0v) is 41.5. The average molecular weight is 823 g/mol. The molecule has 0 heterocycles. The van der Waals surface area contributed by atoms with E-state index in [2.05, 4.69) is 206 Å². The molecule has 0 amide bonds. The lowest BCUT2D eigenvalue weighted by molar-refractivity contribution is 0.255. The normalized spacial score (nSPS) is 22.6. The van der Waals surface area contributed by atoms with Crippen molar-refractivity contribution >= 4 is 0 Å². The lowest BCUT2D eigenvalue weighted by atomic mass is 9.68. The molecule has 3 aliphatic carbocycles. The first-order valence-electron chi connectivity index (χ1n) is 23.1. The van der Waals surface area contributed by atoms with Crippen molar-refractivity contribution < 1.29 is 5.11 Å². The highest BCUT2D eigenvalue weighted by atomic mass is 16.2. The Morgan fingerprint density at radius 2 is 0.934 bits per heavy atom. The second-order valence-corrected chi connectivity index (χ2v) is 20.0. The van der Waals surface area contributed by atoms with Crippen molar-refractivity contribution in [1.82, 2.24) is 0 Å². The van der Waals surface area contributed by atoms with E-state index in [1.54, 1.807) is 11.6 Å². The van der Waals surface area contributed by atoms with Gasteiger partial charge in [-0.15, -0.1) is 0 Å². The molecule has 332 valence electrons. The molecular formula is C60H86O. The molecule has 1 heteroatoms. The first-order valence-corrected chi connectivity index (χ1v) is 23.1. The summed E-state index contributed by atoms with van der Waals surface area (Å²) in [6, 6.07) is 0. The van der Waals surface area contributed by atoms with Crippen LogP contribution >= 0.6 is 0 Å². The summed E-state index contributed by atoms with van der Waals surface area (Å²) in [4.78, 5) is 0. The number of hydrogen-bond acceptors (Lipinski definition) is 1. The van der Waals surface area contributed by atoms with E-state index in [4.69, 9.17) is 5.11 Å². The van der Waals surface area contributed by atoms with Gasteiger partial charge in [0.15, 0.2) is 0 Å². The van der Waals surface area contributed by atoms with E-state index in [1.807, 2.05) is 19.1 Å². The summed E-state index contributed by atoms with van der Waals surface area (Å²) in [6.07, 6.45) is 55.8. The third-order valence-corrected chi connectivity index (χ3v) is 12.6. The van der Waals surface area contributed by atoms with Crippen molar-refractivity contribution in [2.45, 2.75) is 155 Å². The van der Waals surface area contributed by atoms with Crippen LogP contribution in [0.1, 0.15) is 155 Å². The molecule has 0 bridgehead atoms. The Kier molecular flexibility index (Phi) is 22.8. The molecule has 3 rings (SSSR count). The maximum Gasteiger partial charge on any atom is 0.0617 e. The molecular weight excluding hydrogens is 737 g/mol. The van der Waals surface area contributed by atoms with Gasteiger partial charge in [0, 0.05) is 5.92 Å². The number of hydrogen-bond donors (Lipinski definition) is 1. The highest BCUT2D eigenvalue weighted by Crippen LogP contribution is 2.43. The SMILES string of the molecule is CC1=C(/C=C/C(C)=C/C=C/C(C)=C/CO)C(C)(C)CCC1.CC1=CCCC(C)(C)C1/C=C/C(C)=C/C=C/C(C)=C/C=C/C=C(C)/C=C/C=C(C)/C=C/C1=C(C)CCCC1(C)C. The van der Waals surface area contributed by atoms with E-state index in [0.29, 0.717) is 22.2 Å². The van der Waals surface area contributed by atoms with E-state index in [9.17, 15) is 0 Å². The smallest absolute Gasteiger partial charge is 0.0617 e. The standard InChI is InChI=1S/C40H56.C20H30O/c1-31(19-13-21-33(3)25-27-37-35(5)23-15-29-39(37,7)8)17-11-12-18-32(2)20-14-22-34(4)26-28-38-36(6)24-16-30-40(38,9)10;1-16(8-6-9-17(2)13-15-21)11-12-19-18(3)10-7-14-20(19,4)5/h11-14,17-23,25-28,37H,15-16,24,29-30H2,1-10H3;6,8-9,11-13,21H,7,10,14-15H2,1-5H3/b12-11+,19-13+,20-14+,27-25+,28-26+,31-17+,32-18+,33-21+,34-22+;9-6+,12-11+,16-8+,17-13+. The summed E-state index contributed by atoms with van der Waals surface area (Å²) in [5.74, 6) is 0.532. The summed E-state index contributed by atoms with van der Waals surface area (Å²) in [5.41, 5.74) is 15.9. The number of aliphatic hydroxyl groups excluding tert-OH is 1. The van der Waals surface area contributed by atoms with Crippen molar-refractivity contribution in [3.63, 3.8) is 0 Å². The molecule has 0 aromatic heterocycles. The molecule has 0 aromatic carbocycles. The Balaban J connectivity index is 0.000000512. The van der Waals surface area contributed by atoms with Gasteiger partial charge in [0.05, 0.1) is 6.61 Å². The van der Waals surface area contributed by atoms with E-state index in [-0.39, 0.29) is 6.61 Å².